The maximum absolute atomic E-state index is 12.8. The second kappa shape index (κ2) is 9.14. The van der Waals surface area contributed by atoms with Gasteiger partial charge in [-0.2, -0.15) is 0 Å². The fraction of sp³-hybridized carbons (Fsp3) is 0.350. The van der Waals surface area contributed by atoms with E-state index in [0.717, 1.165) is 37.1 Å². The van der Waals surface area contributed by atoms with Gasteiger partial charge in [-0.3, -0.25) is 10.1 Å². The number of ether oxygens (including phenoxy) is 1. The Morgan fingerprint density at radius 2 is 1.81 bits per heavy atom. The number of piperidine rings is 1. The van der Waals surface area contributed by atoms with Crippen molar-refractivity contribution < 1.29 is 14.5 Å². The molecule has 1 saturated heterocycles. The van der Waals surface area contributed by atoms with Crippen LogP contribution in [-0.4, -0.2) is 35.0 Å². The molecule has 1 fully saturated rings. The number of nitrogens with zero attached hydrogens (tertiary/aromatic N) is 2. The van der Waals surface area contributed by atoms with E-state index in [4.69, 9.17) is 4.74 Å². The second-order valence-corrected chi connectivity index (χ2v) is 6.58. The SMILES string of the molecule is O=C(OCc1ccccc1)N(Cc1cccc([N+](=O)[O-])c1)C1CCNCC1. The Kier molecular flexibility index (Phi) is 6.38. The van der Waals surface area contributed by atoms with Crippen molar-refractivity contribution in [2.75, 3.05) is 13.1 Å². The first-order valence-corrected chi connectivity index (χ1v) is 9.05. The van der Waals surface area contributed by atoms with Crippen LogP contribution in [-0.2, 0) is 17.9 Å². The molecule has 7 heteroatoms. The number of nitro benzene ring substituents is 1. The number of nitrogens with one attached hydrogen (secondary N) is 1. The van der Waals surface area contributed by atoms with Gasteiger partial charge in [-0.1, -0.05) is 42.5 Å². The Labute approximate surface area is 158 Å². The number of non-ortho nitro benzene ring substituents is 1. The molecule has 0 aliphatic carbocycles. The summed E-state index contributed by atoms with van der Waals surface area (Å²) in [5.41, 5.74) is 1.67. The van der Waals surface area contributed by atoms with Crippen molar-refractivity contribution in [1.82, 2.24) is 10.2 Å². The average molecular weight is 369 g/mol. The van der Waals surface area contributed by atoms with Crippen molar-refractivity contribution >= 4 is 11.8 Å². The molecule has 142 valence electrons. The summed E-state index contributed by atoms with van der Waals surface area (Å²) in [4.78, 5) is 25.1. The van der Waals surface area contributed by atoms with E-state index in [-0.39, 0.29) is 18.3 Å². The lowest BCUT2D eigenvalue weighted by atomic mass is 10.0. The topological polar surface area (TPSA) is 84.7 Å². The highest BCUT2D eigenvalue weighted by atomic mass is 16.6. The van der Waals surface area contributed by atoms with E-state index in [0.29, 0.717) is 6.54 Å². The zero-order valence-electron chi connectivity index (χ0n) is 15.0. The summed E-state index contributed by atoms with van der Waals surface area (Å²) in [7, 11) is 0. The maximum atomic E-state index is 12.8. The molecule has 0 aromatic heterocycles. The molecule has 0 unspecified atom stereocenters. The summed E-state index contributed by atoms with van der Waals surface area (Å²) in [6.07, 6.45) is 1.27. The predicted molar refractivity (Wildman–Crippen MR) is 101 cm³/mol. The summed E-state index contributed by atoms with van der Waals surface area (Å²) in [5.74, 6) is 0. The highest BCUT2D eigenvalue weighted by Gasteiger charge is 2.27. The van der Waals surface area contributed by atoms with Gasteiger partial charge in [-0.15, -0.1) is 0 Å². The molecule has 0 atom stereocenters. The van der Waals surface area contributed by atoms with E-state index in [1.54, 1.807) is 17.0 Å². The Morgan fingerprint density at radius 3 is 2.52 bits per heavy atom. The molecule has 2 aromatic carbocycles. The Bertz CT molecular complexity index is 776. The van der Waals surface area contributed by atoms with Crippen LogP contribution in [0.15, 0.2) is 54.6 Å². The van der Waals surface area contributed by atoms with Gasteiger partial charge in [0.2, 0.25) is 0 Å². The quantitative estimate of drug-likeness (QED) is 0.622. The van der Waals surface area contributed by atoms with Crippen LogP contribution in [0.5, 0.6) is 0 Å². The molecule has 3 rings (SSSR count). The van der Waals surface area contributed by atoms with Gasteiger partial charge in [0.15, 0.2) is 0 Å². The first-order chi connectivity index (χ1) is 13.1. The van der Waals surface area contributed by atoms with Crippen molar-refractivity contribution in [2.24, 2.45) is 0 Å². The number of hydrogen-bond acceptors (Lipinski definition) is 5. The molecule has 0 bridgehead atoms. The molecule has 7 nitrogen and oxygen atoms in total. The molecule has 27 heavy (non-hydrogen) atoms. The highest BCUT2D eigenvalue weighted by molar-refractivity contribution is 5.68. The van der Waals surface area contributed by atoms with E-state index in [2.05, 4.69) is 5.32 Å². The van der Waals surface area contributed by atoms with Gasteiger partial charge in [-0.05, 0) is 37.1 Å². The molecule has 0 radical (unpaired) electrons. The second-order valence-electron chi connectivity index (χ2n) is 6.58. The number of amides is 1. The fourth-order valence-corrected chi connectivity index (χ4v) is 3.23. The lowest BCUT2D eigenvalue weighted by Crippen LogP contribution is -2.45. The van der Waals surface area contributed by atoms with Gasteiger partial charge in [0.25, 0.3) is 5.69 Å². The van der Waals surface area contributed by atoms with E-state index < -0.39 is 11.0 Å². The Hall–Kier alpha value is -2.93. The zero-order valence-corrected chi connectivity index (χ0v) is 15.0. The van der Waals surface area contributed by atoms with E-state index >= 15 is 0 Å². The van der Waals surface area contributed by atoms with Crippen LogP contribution < -0.4 is 5.32 Å². The van der Waals surface area contributed by atoms with Gasteiger partial charge in [0, 0.05) is 24.7 Å². The van der Waals surface area contributed by atoms with E-state index in [1.807, 2.05) is 30.3 Å². The Balaban J connectivity index is 1.73. The number of nitro groups is 1. The standard InChI is InChI=1S/C20H23N3O4/c24-20(27-15-16-5-2-1-3-6-16)22(18-9-11-21-12-10-18)14-17-7-4-8-19(13-17)23(25)26/h1-8,13,18,21H,9-12,14-15H2. The molecule has 1 heterocycles. The van der Waals surface area contributed by atoms with Crippen LogP contribution in [0.4, 0.5) is 10.5 Å². The highest BCUT2D eigenvalue weighted by Crippen LogP contribution is 2.20. The summed E-state index contributed by atoms with van der Waals surface area (Å²) in [5, 5.41) is 14.3. The molecule has 1 aliphatic heterocycles. The zero-order chi connectivity index (χ0) is 19.1. The normalized spacial score (nSPS) is 14.5. The third-order valence-corrected chi connectivity index (χ3v) is 4.66. The molecule has 2 aromatic rings. The van der Waals surface area contributed by atoms with Gasteiger partial charge in [-0.25, -0.2) is 4.79 Å². The van der Waals surface area contributed by atoms with E-state index in [9.17, 15) is 14.9 Å². The van der Waals surface area contributed by atoms with Crippen molar-refractivity contribution in [3.8, 4) is 0 Å². The van der Waals surface area contributed by atoms with Crippen LogP contribution in [0.1, 0.15) is 24.0 Å². The van der Waals surface area contributed by atoms with Gasteiger partial charge in [0.1, 0.15) is 6.61 Å². The van der Waals surface area contributed by atoms with Gasteiger partial charge >= 0.3 is 6.09 Å². The number of carbonyl (C=O) groups is 1. The first-order valence-electron chi connectivity index (χ1n) is 9.05. The molecule has 1 N–H and O–H groups in total. The van der Waals surface area contributed by atoms with E-state index in [1.165, 1.54) is 12.1 Å². The lowest BCUT2D eigenvalue weighted by Gasteiger charge is -2.34. The molecular formula is C20H23N3O4. The monoisotopic (exact) mass is 369 g/mol. The van der Waals surface area contributed by atoms with Crippen molar-refractivity contribution in [1.29, 1.82) is 0 Å². The minimum absolute atomic E-state index is 0.0235. The van der Waals surface area contributed by atoms with Crippen LogP contribution in [0.2, 0.25) is 0 Å². The summed E-state index contributed by atoms with van der Waals surface area (Å²) in [6.45, 7) is 2.17. The molecule has 1 aliphatic rings. The van der Waals surface area contributed by atoms with Crippen molar-refractivity contribution in [3.05, 3.63) is 75.8 Å². The van der Waals surface area contributed by atoms with Crippen LogP contribution >= 0.6 is 0 Å². The fourth-order valence-electron chi connectivity index (χ4n) is 3.23. The predicted octanol–water partition coefficient (Wildman–Crippen LogP) is 3.49. The Morgan fingerprint density at radius 1 is 1.11 bits per heavy atom. The summed E-state index contributed by atoms with van der Waals surface area (Å²) < 4.78 is 5.53. The first kappa shape index (κ1) is 18.8. The largest absolute Gasteiger partial charge is 0.445 e. The summed E-state index contributed by atoms with van der Waals surface area (Å²) >= 11 is 0. The maximum Gasteiger partial charge on any atom is 0.410 e. The third-order valence-electron chi connectivity index (χ3n) is 4.66. The van der Waals surface area contributed by atoms with Gasteiger partial charge in [0.05, 0.1) is 4.92 Å². The number of rotatable bonds is 6. The third kappa shape index (κ3) is 5.27. The number of benzene rings is 2. The van der Waals surface area contributed by atoms with Crippen LogP contribution in [0, 0.1) is 10.1 Å². The summed E-state index contributed by atoms with van der Waals surface area (Å²) in [6, 6.07) is 16.0. The molecule has 0 spiro atoms. The minimum Gasteiger partial charge on any atom is -0.445 e. The van der Waals surface area contributed by atoms with Crippen LogP contribution in [0.3, 0.4) is 0 Å². The average Bonchev–Trinajstić information content (AvgIpc) is 2.72. The van der Waals surface area contributed by atoms with Crippen molar-refractivity contribution in [2.45, 2.75) is 32.0 Å². The van der Waals surface area contributed by atoms with Crippen LogP contribution in [0.25, 0.3) is 0 Å². The van der Waals surface area contributed by atoms with Gasteiger partial charge < -0.3 is 15.0 Å². The number of hydrogen-bond donors (Lipinski definition) is 1. The smallest absolute Gasteiger partial charge is 0.410 e. The number of carbonyl (C=O) groups excluding carboxylic acids is 1. The minimum atomic E-state index is -0.425. The lowest BCUT2D eigenvalue weighted by molar-refractivity contribution is -0.384. The molecular weight excluding hydrogens is 346 g/mol. The van der Waals surface area contributed by atoms with Crippen molar-refractivity contribution in [3.63, 3.8) is 0 Å². The molecule has 1 amide bonds. The molecule has 0 saturated carbocycles.